The molecular weight excluding hydrogens is 160 g/mol. The first-order chi connectivity index (χ1) is 6.20. The van der Waals surface area contributed by atoms with Crippen LogP contribution >= 0.6 is 0 Å². The molecule has 0 aromatic heterocycles. The molecule has 13 heavy (non-hydrogen) atoms. The van der Waals surface area contributed by atoms with E-state index in [0.717, 1.165) is 5.56 Å². The van der Waals surface area contributed by atoms with Crippen LogP contribution in [0.5, 0.6) is 5.75 Å². The number of aromatic hydroxyl groups is 1. The number of phenols is 1. The Bertz CT molecular complexity index is 216. The topological polar surface area (TPSA) is 20.2 Å². The molecule has 0 aliphatic rings. The number of hydrogen-bond donors (Lipinski definition) is 1. The number of hydrogen-bond acceptors (Lipinski definition) is 1. The molecule has 0 saturated heterocycles. The van der Waals surface area contributed by atoms with Gasteiger partial charge in [-0.2, -0.15) is 0 Å². The van der Waals surface area contributed by atoms with E-state index >= 15 is 0 Å². The van der Waals surface area contributed by atoms with Gasteiger partial charge in [-0.25, -0.2) is 0 Å². The second kappa shape index (κ2) is 9.11. The van der Waals surface area contributed by atoms with Gasteiger partial charge < -0.3 is 5.11 Å². The lowest BCUT2D eigenvalue weighted by Crippen LogP contribution is -1.76. The van der Waals surface area contributed by atoms with Gasteiger partial charge in [0.1, 0.15) is 5.75 Å². The van der Waals surface area contributed by atoms with Crippen molar-refractivity contribution in [2.75, 3.05) is 0 Å². The Labute approximate surface area is 82.4 Å². The first kappa shape index (κ1) is 14.5. The standard InChI is InChI=1S/C8H10O.2C2H6/c1-6-3-4-8(9)5-7(6)2;2*1-2/h3-5,9H,1-2H3;2*1-2H3. The minimum Gasteiger partial charge on any atom is -0.508 e. The monoisotopic (exact) mass is 182 g/mol. The van der Waals surface area contributed by atoms with Gasteiger partial charge in [0.25, 0.3) is 0 Å². The molecule has 1 heteroatoms. The fourth-order valence-corrected chi connectivity index (χ4v) is 0.726. The van der Waals surface area contributed by atoms with E-state index in [1.807, 2.05) is 47.6 Å². The Morgan fingerprint density at radius 2 is 1.31 bits per heavy atom. The van der Waals surface area contributed by atoms with Gasteiger partial charge in [-0.05, 0) is 37.1 Å². The summed E-state index contributed by atoms with van der Waals surface area (Å²) >= 11 is 0. The molecule has 1 aromatic rings. The number of phenolic OH excluding ortho intramolecular Hbond substituents is 1. The van der Waals surface area contributed by atoms with Crippen LogP contribution in [0.25, 0.3) is 0 Å². The lowest BCUT2D eigenvalue weighted by molar-refractivity contribution is 0.474. The van der Waals surface area contributed by atoms with Crippen LogP contribution in [0.4, 0.5) is 0 Å². The maximum absolute atomic E-state index is 8.94. The van der Waals surface area contributed by atoms with E-state index in [9.17, 15) is 0 Å². The van der Waals surface area contributed by atoms with Crippen molar-refractivity contribution >= 4 is 0 Å². The summed E-state index contributed by atoms with van der Waals surface area (Å²) in [4.78, 5) is 0. The molecule has 0 saturated carbocycles. The summed E-state index contributed by atoms with van der Waals surface area (Å²) in [7, 11) is 0. The van der Waals surface area contributed by atoms with Crippen LogP contribution < -0.4 is 0 Å². The Hall–Kier alpha value is -0.980. The summed E-state index contributed by atoms with van der Waals surface area (Å²) in [5, 5.41) is 8.94. The first-order valence-corrected chi connectivity index (χ1v) is 4.96. The highest BCUT2D eigenvalue weighted by atomic mass is 16.3. The number of benzene rings is 1. The predicted octanol–water partition coefficient (Wildman–Crippen LogP) is 4.06. The van der Waals surface area contributed by atoms with Gasteiger partial charge in [-0.15, -0.1) is 0 Å². The zero-order chi connectivity index (χ0) is 10.9. The largest absolute Gasteiger partial charge is 0.508 e. The predicted molar refractivity (Wildman–Crippen MR) is 60.3 cm³/mol. The van der Waals surface area contributed by atoms with Gasteiger partial charge in [0.05, 0.1) is 0 Å². The third-order valence-electron chi connectivity index (χ3n) is 1.49. The fraction of sp³-hybridized carbons (Fsp3) is 0.500. The van der Waals surface area contributed by atoms with Gasteiger partial charge in [0.2, 0.25) is 0 Å². The van der Waals surface area contributed by atoms with E-state index in [2.05, 4.69) is 0 Å². The molecule has 0 spiro atoms. The van der Waals surface area contributed by atoms with Crippen LogP contribution in [0.2, 0.25) is 0 Å². The van der Waals surface area contributed by atoms with Crippen molar-refractivity contribution in [2.45, 2.75) is 41.5 Å². The molecule has 1 nitrogen and oxygen atoms in total. The zero-order valence-corrected chi connectivity index (χ0v) is 9.68. The van der Waals surface area contributed by atoms with Crippen LogP contribution in [-0.2, 0) is 0 Å². The number of aryl methyl sites for hydroxylation is 2. The summed E-state index contributed by atoms with van der Waals surface area (Å²) in [6.45, 7) is 12.0. The van der Waals surface area contributed by atoms with Crippen LogP contribution in [0.15, 0.2) is 18.2 Å². The van der Waals surface area contributed by atoms with Crippen molar-refractivity contribution in [2.24, 2.45) is 0 Å². The maximum Gasteiger partial charge on any atom is 0.115 e. The summed E-state index contributed by atoms with van der Waals surface area (Å²) < 4.78 is 0. The normalized spacial score (nSPS) is 7.54. The van der Waals surface area contributed by atoms with Crippen LogP contribution in [0.3, 0.4) is 0 Å². The molecule has 0 atom stereocenters. The molecule has 0 fully saturated rings. The first-order valence-electron chi connectivity index (χ1n) is 4.96. The molecule has 0 unspecified atom stereocenters. The second-order valence-electron chi connectivity index (χ2n) is 2.27. The quantitative estimate of drug-likeness (QED) is 0.641. The molecule has 0 bridgehead atoms. The molecule has 76 valence electrons. The van der Waals surface area contributed by atoms with Gasteiger partial charge >= 0.3 is 0 Å². The Morgan fingerprint density at radius 3 is 1.62 bits per heavy atom. The van der Waals surface area contributed by atoms with Crippen molar-refractivity contribution < 1.29 is 5.11 Å². The van der Waals surface area contributed by atoms with E-state index in [0.29, 0.717) is 5.75 Å². The van der Waals surface area contributed by atoms with Gasteiger partial charge in [-0.1, -0.05) is 33.8 Å². The van der Waals surface area contributed by atoms with E-state index in [4.69, 9.17) is 5.11 Å². The minimum atomic E-state index is 0.345. The molecule has 0 aliphatic carbocycles. The summed E-state index contributed by atoms with van der Waals surface area (Å²) in [5.41, 5.74) is 2.35. The van der Waals surface area contributed by atoms with E-state index in [1.165, 1.54) is 5.56 Å². The number of rotatable bonds is 0. The third kappa shape index (κ3) is 6.21. The molecule has 0 heterocycles. The smallest absolute Gasteiger partial charge is 0.115 e. The summed E-state index contributed by atoms with van der Waals surface area (Å²) in [5.74, 6) is 0.345. The molecule has 0 aliphatic heterocycles. The lowest BCUT2D eigenvalue weighted by Gasteiger charge is -1.97. The van der Waals surface area contributed by atoms with Crippen molar-refractivity contribution in [1.29, 1.82) is 0 Å². The molecule has 1 N–H and O–H groups in total. The van der Waals surface area contributed by atoms with Crippen molar-refractivity contribution in [3.8, 4) is 5.75 Å². The highest BCUT2D eigenvalue weighted by molar-refractivity contribution is 5.32. The highest BCUT2D eigenvalue weighted by Crippen LogP contribution is 2.13. The molecule has 0 radical (unpaired) electrons. The van der Waals surface area contributed by atoms with Gasteiger partial charge in [0.15, 0.2) is 0 Å². The van der Waals surface area contributed by atoms with Crippen molar-refractivity contribution in [3.05, 3.63) is 29.3 Å². The molecule has 1 rings (SSSR count). The summed E-state index contributed by atoms with van der Waals surface area (Å²) in [6, 6.07) is 5.36. The fourth-order valence-electron chi connectivity index (χ4n) is 0.726. The Kier molecular flexibility index (Phi) is 10.2. The molecule has 0 amide bonds. The Morgan fingerprint density at radius 1 is 0.846 bits per heavy atom. The molecule has 1 aromatic carbocycles. The molecular formula is C12H22O. The average Bonchev–Trinajstić information content (AvgIpc) is 2.18. The zero-order valence-electron chi connectivity index (χ0n) is 9.68. The maximum atomic E-state index is 8.94. The van der Waals surface area contributed by atoms with Gasteiger partial charge in [0, 0.05) is 0 Å². The van der Waals surface area contributed by atoms with E-state index < -0.39 is 0 Å². The summed E-state index contributed by atoms with van der Waals surface area (Å²) in [6.07, 6.45) is 0. The van der Waals surface area contributed by atoms with Crippen LogP contribution in [0.1, 0.15) is 38.8 Å². The second-order valence-corrected chi connectivity index (χ2v) is 2.27. The minimum absolute atomic E-state index is 0.345. The van der Waals surface area contributed by atoms with Gasteiger partial charge in [-0.3, -0.25) is 0 Å². The van der Waals surface area contributed by atoms with Crippen molar-refractivity contribution in [3.63, 3.8) is 0 Å². The Balaban J connectivity index is 0. The SMILES string of the molecule is CC.CC.Cc1ccc(O)cc1C. The van der Waals surface area contributed by atoms with E-state index in [1.54, 1.807) is 12.1 Å². The van der Waals surface area contributed by atoms with E-state index in [-0.39, 0.29) is 0 Å². The van der Waals surface area contributed by atoms with Crippen molar-refractivity contribution in [1.82, 2.24) is 0 Å². The lowest BCUT2D eigenvalue weighted by atomic mass is 10.1. The highest BCUT2D eigenvalue weighted by Gasteiger charge is 1.90. The third-order valence-corrected chi connectivity index (χ3v) is 1.49. The van der Waals surface area contributed by atoms with Crippen LogP contribution in [-0.4, -0.2) is 5.11 Å². The van der Waals surface area contributed by atoms with Crippen LogP contribution in [0, 0.1) is 13.8 Å². The average molecular weight is 182 g/mol.